The molecule has 2 rings (SSSR count). The van der Waals surface area contributed by atoms with Crippen molar-refractivity contribution in [2.45, 2.75) is 40.2 Å². The van der Waals surface area contributed by atoms with Crippen molar-refractivity contribution in [1.29, 1.82) is 0 Å². The summed E-state index contributed by atoms with van der Waals surface area (Å²) < 4.78 is 6.72. The topological polar surface area (TPSA) is 59.4 Å². The van der Waals surface area contributed by atoms with E-state index in [-0.39, 0.29) is 0 Å². The fourth-order valence-electron chi connectivity index (χ4n) is 1.76. The van der Waals surface area contributed by atoms with Gasteiger partial charge in [0.1, 0.15) is 4.88 Å². The minimum Gasteiger partial charge on any atom is -0.299 e. The number of hydrogen-bond acceptors (Lipinski definition) is 5. The van der Waals surface area contributed by atoms with Crippen LogP contribution >= 0.6 is 23.8 Å². The summed E-state index contributed by atoms with van der Waals surface area (Å²) in [4.78, 5) is 1.01. The summed E-state index contributed by atoms with van der Waals surface area (Å²) in [5.74, 6) is 1.69. The average Bonchev–Trinajstić information content (AvgIpc) is 2.86. The lowest BCUT2D eigenvalue weighted by Gasteiger charge is -2.09. The van der Waals surface area contributed by atoms with E-state index in [4.69, 9.17) is 12.2 Å². The van der Waals surface area contributed by atoms with E-state index in [2.05, 4.69) is 47.5 Å². The second-order valence-electron chi connectivity index (χ2n) is 5.00. The van der Waals surface area contributed by atoms with Crippen molar-refractivity contribution in [3.05, 3.63) is 10.5 Å². The van der Waals surface area contributed by atoms with E-state index in [1.807, 2.05) is 4.57 Å². The number of nitrogens with one attached hydrogen (secondary N) is 1. The first-order valence-corrected chi connectivity index (χ1v) is 7.16. The molecular formula is C11H17N5S2. The van der Waals surface area contributed by atoms with E-state index in [9.17, 15) is 0 Å². The first-order valence-electron chi connectivity index (χ1n) is 5.98. The Bertz CT molecular complexity index is 578. The van der Waals surface area contributed by atoms with Crippen molar-refractivity contribution < 1.29 is 0 Å². The molecule has 1 N–H and O–H groups in total. The van der Waals surface area contributed by atoms with Gasteiger partial charge in [-0.2, -0.15) is 5.10 Å². The Kier molecular flexibility index (Phi) is 3.91. The van der Waals surface area contributed by atoms with E-state index in [0.717, 1.165) is 22.9 Å². The van der Waals surface area contributed by atoms with Crippen LogP contribution in [0.5, 0.6) is 0 Å². The highest BCUT2D eigenvalue weighted by Gasteiger charge is 2.19. The summed E-state index contributed by atoms with van der Waals surface area (Å²) in [6, 6.07) is 0. The SMILES string of the molecule is CC(C)Cn1c(-c2snnc2C(C)C)n[nH]c1=S. The smallest absolute Gasteiger partial charge is 0.195 e. The van der Waals surface area contributed by atoms with E-state index in [0.29, 0.717) is 16.6 Å². The van der Waals surface area contributed by atoms with Gasteiger partial charge in [-0.1, -0.05) is 32.2 Å². The minimum absolute atomic E-state index is 0.330. The van der Waals surface area contributed by atoms with Crippen LogP contribution in [0.4, 0.5) is 0 Å². The van der Waals surface area contributed by atoms with Gasteiger partial charge < -0.3 is 0 Å². The average molecular weight is 283 g/mol. The Hall–Kier alpha value is -1.08. The molecule has 0 unspecified atom stereocenters. The lowest BCUT2D eigenvalue weighted by Crippen LogP contribution is -2.07. The molecule has 2 aromatic heterocycles. The Morgan fingerprint density at radius 2 is 2.06 bits per heavy atom. The van der Waals surface area contributed by atoms with E-state index in [1.54, 1.807) is 0 Å². The van der Waals surface area contributed by atoms with Gasteiger partial charge in [0.15, 0.2) is 10.6 Å². The Balaban J connectivity index is 2.51. The molecule has 0 spiro atoms. The quantitative estimate of drug-likeness (QED) is 0.875. The normalized spacial score (nSPS) is 11.7. The lowest BCUT2D eigenvalue weighted by atomic mass is 10.1. The number of aromatic nitrogens is 5. The molecule has 0 radical (unpaired) electrons. The number of H-pyrrole nitrogens is 1. The first-order chi connectivity index (χ1) is 8.50. The van der Waals surface area contributed by atoms with Crippen LogP contribution < -0.4 is 0 Å². The van der Waals surface area contributed by atoms with Gasteiger partial charge in [0.2, 0.25) is 0 Å². The molecule has 7 heteroatoms. The molecule has 0 fully saturated rings. The summed E-state index contributed by atoms with van der Waals surface area (Å²) in [5.41, 5.74) is 0.985. The third-order valence-corrected chi connectivity index (χ3v) is 3.62. The highest BCUT2D eigenvalue weighted by Crippen LogP contribution is 2.29. The van der Waals surface area contributed by atoms with Gasteiger partial charge in [-0.05, 0) is 35.6 Å². The maximum Gasteiger partial charge on any atom is 0.195 e. The molecule has 5 nitrogen and oxygen atoms in total. The van der Waals surface area contributed by atoms with Crippen LogP contribution in [-0.4, -0.2) is 24.4 Å². The van der Waals surface area contributed by atoms with Crippen molar-refractivity contribution in [3.8, 4) is 10.7 Å². The van der Waals surface area contributed by atoms with Crippen LogP contribution in [0.3, 0.4) is 0 Å². The van der Waals surface area contributed by atoms with Crippen LogP contribution in [-0.2, 0) is 6.54 Å². The molecule has 0 saturated carbocycles. The van der Waals surface area contributed by atoms with Gasteiger partial charge in [0, 0.05) is 6.54 Å². The third kappa shape index (κ3) is 2.51. The maximum absolute atomic E-state index is 5.28. The van der Waals surface area contributed by atoms with E-state index < -0.39 is 0 Å². The van der Waals surface area contributed by atoms with Gasteiger partial charge >= 0.3 is 0 Å². The van der Waals surface area contributed by atoms with Gasteiger partial charge in [0.25, 0.3) is 0 Å². The highest BCUT2D eigenvalue weighted by molar-refractivity contribution is 7.71. The van der Waals surface area contributed by atoms with E-state index in [1.165, 1.54) is 11.5 Å². The second kappa shape index (κ2) is 5.27. The molecule has 0 atom stereocenters. The molecule has 0 saturated heterocycles. The number of aromatic amines is 1. The van der Waals surface area contributed by atoms with Crippen LogP contribution in [0.2, 0.25) is 0 Å². The number of nitrogens with zero attached hydrogens (tertiary/aromatic N) is 4. The fraction of sp³-hybridized carbons (Fsp3) is 0.636. The third-order valence-electron chi connectivity index (χ3n) is 2.57. The highest BCUT2D eigenvalue weighted by atomic mass is 32.1. The van der Waals surface area contributed by atoms with Crippen molar-refractivity contribution in [2.24, 2.45) is 5.92 Å². The van der Waals surface area contributed by atoms with Gasteiger partial charge in [0.05, 0.1) is 5.69 Å². The van der Waals surface area contributed by atoms with Crippen molar-refractivity contribution >= 4 is 23.8 Å². The summed E-state index contributed by atoms with van der Waals surface area (Å²) in [7, 11) is 0. The summed E-state index contributed by atoms with van der Waals surface area (Å²) in [6.07, 6.45) is 0. The Labute approximate surface area is 115 Å². The molecule has 0 bridgehead atoms. The first kappa shape index (κ1) is 13.4. The molecule has 0 amide bonds. The summed E-state index contributed by atoms with van der Waals surface area (Å²) >= 11 is 6.66. The van der Waals surface area contributed by atoms with Crippen LogP contribution in [0.15, 0.2) is 0 Å². The molecule has 0 aromatic carbocycles. The summed E-state index contributed by atoms with van der Waals surface area (Å²) in [6.45, 7) is 9.38. The number of rotatable bonds is 4. The summed E-state index contributed by atoms with van der Waals surface area (Å²) in [5, 5.41) is 11.4. The van der Waals surface area contributed by atoms with Gasteiger partial charge in [-0.25, -0.2) is 0 Å². The largest absolute Gasteiger partial charge is 0.299 e. The van der Waals surface area contributed by atoms with Gasteiger partial charge in [-0.3, -0.25) is 9.67 Å². The van der Waals surface area contributed by atoms with Crippen LogP contribution in [0.25, 0.3) is 10.7 Å². The van der Waals surface area contributed by atoms with Crippen molar-refractivity contribution in [3.63, 3.8) is 0 Å². The zero-order valence-electron chi connectivity index (χ0n) is 11.0. The molecule has 2 aromatic rings. The van der Waals surface area contributed by atoms with Crippen LogP contribution in [0.1, 0.15) is 39.3 Å². The molecular weight excluding hydrogens is 266 g/mol. The lowest BCUT2D eigenvalue weighted by molar-refractivity contribution is 0.521. The van der Waals surface area contributed by atoms with Gasteiger partial charge in [-0.15, -0.1) is 5.10 Å². The fourth-order valence-corrected chi connectivity index (χ4v) is 2.78. The molecule has 0 aliphatic heterocycles. The van der Waals surface area contributed by atoms with Crippen molar-refractivity contribution in [2.75, 3.05) is 0 Å². The molecule has 0 aliphatic rings. The van der Waals surface area contributed by atoms with E-state index >= 15 is 0 Å². The monoisotopic (exact) mass is 283 g/mol. The predicted octanol–water partition coefficient (Wildman–Crippen LogP) is 3.24. The molecule has 0 aliphatic carbocycles. The molecule has 18 heavy (non-hydrogen) atoms. The molecule has 98 valence electrons. The van der Waals surface area contributed by atoms with Crippen molar-refractivity contribution in [1.82, 2.24) is 24.4 Å². The standard InChI is InChI=1S/C11H17N5S2/c1-6(2)5-16-10(13-14-11(16)17)9-8(7(3)4)12-15-18-9/h6-7H,5H2,1-4H3,(H,14,17). The zero-order chi connectivity index (χ0) is 13.3. The molecule has 2 heterocycles. The maximum atomic E-state index is 5.28. The van der Waals surface area contributed by atoms with Crippen LogP contribution in [0, 0.1) is 10.7 Å². The minimum atomic E-state index is 0.330. The Morgan fingerprint density at radius 3 is 2.67 bits per heavy atom. The number of hydrogen-bond donors (Lipinski definition) is 1. The second-order valence-corrected chi connectivity index (χ2v) is 6.14. The Morgan fingerprint density at radius 1 is 1.33 bits per heavy atom. The predicted molar refractivity (Wildman–Crippen MR) is 75.2 cm³/mol. The zero-order valence-corrected chi connectivity index (χ0v) is 12.6.